The molecule has 0 unspecified atom stereocenters. The zero-order chi connectivity index (χ0) is 22.8. The Kier molecular flexibility index (Phi) is 6.88. The number of aliphatic hydroxyl groups is 4. The fourth-order valence-electron chi connectivity index (χ4n) is 3.71. The number of thiophene rings is 1. The van der Waals surface area contributed by atoms with Crippen LogP contribution in [-0.2, 0) is 11.2 Å². The molecule has 166 valence electrons. The standard InChI is InChI=1S/C23H21ClN2O5S/c24-17-5-2-12(23-22(30)21(29)20(28)18(11-27)31-23)7-14(17)8-16-4-6-19(32-16)13-1-3-15(9-25)26-10-13/h1-7,10,18,20-23,27-30H,8,11H2/t18-,20-,21+,22-,23+/m1/s1. The highest BCUT2D eigenvalue weighted by molar-refractivity contribution is 7.15. The molecule has 0 aliphatic carbocycles. The number of nitriles is 1. The Morgan fingerprint density at radius 3 is 2.56 bits per heavy atom. The Morgan fingerprint density at radius 2 is 1.88 bits per heavy atom. The van der Waals surface area contributed by atoms with Gasteiger partial charge in [-0.15, -0.1) is 11.3 Å². The van der Waals surface area contributed by atoms with Crippen LogP contribution >= 0.6 is 22.9 Å². The molecular formula is C23H21ClN2O5S. The summed E-state index contributed by atoms with van der Waals surface area (Å²) in [5.74, 6) is 0. The van der Waals surface area contributed by atoms with E-state index in [1.807, 2.05) is 24.3 Å². The first-order valence-corrected chi connectivity index (χ1v) is 11.1. The van der Waals surface area contributed by atoms with E-state index < -0.39 is 37.1 Å². The Labute approximate surface area is 193 Å². The molecule has 0 amide bonds. The number of rotatable bonds is 5. The second kappa shape index (κ2) is 9.65. The summed E-state index contributed by atoms with van der Waals surface area (Å²) < 4.78 is 5.66. The van der Waals surface area contributed by atoms with Crippen molar-refractivity contribution in [1.29, 1.82) is 5.26 Å². The molecule has 3 aromatic rings. The highest BCUT2D eigenvalue weighted by atomic mass is 35.5. The number of pyridine rings is 1. The lowest BCUT2D eigenvalue weighted by atomic mass is 9.90. The van der Waals surface area contributed by atoms with Crippen molar-refractivity contribution in [1.82, 2.24) is 4.98 Å². The molecule has 0 spiro atoms. The van der Waals surface area contributed by atoms with Gasteiger partial charge in [0.15, 0.2) is 0 Å². The minimum Gasteiger partial charge on any atom is -0.394 e. The molecule has 1 aliphatic heterocycles. The first-order valence-electron chi connectivity index (χ1n) is 9.95. The Bertz CT molecular complexity index is 1130. The summed E-state index contributed by atoms with van der Waals surface area (Å²) in [5.41, 5.74) is 2.69. The molecule has 7 nitrogen and oxygen atoms in total. The summed E-state index contributed by atoms with van der Waals surface area (Å²) in [4.78, 5) is 6.17. The van der Waals surface area contributed by atoms with Crippen molar-refractivity contribution in [2.75, 3.05) is 6.61 Å². The second-order valence-electron chi connectivity index (χ2n) is 7.59. The van der Waals surface area contributed by atoms with Gasteiger partial charge in [0.25, 0.3) is 0 Å². The lowest BCUT2D eigenvalue weighted by Crippen LogP contribution is -2.55. The van der Waals surface area contributed by atoms with Gasteiger partial charge in [-0.05, 0) is 41.5 Å². The van der Waals surface area contributed by atoms with Gasteiger partial charge >= 0.3 is 0 Å². The smallest absolute Gasteiger partial charge is 0.140 e. The van der Waals surface area contributed by atoms with Crippen molar-refractivity contribution in [3.05, 3.63) is 75.4 Å². The van der Waals surface area contributed by atoms with E-state index >= 15 is 0 Å². The van der Waals surface area contributed by atoms with E-state index in [0.717, 1.165) is 20.9 Å². The van der Waals surface area contributed by atoms with Gasteiger partial charge in [-0.1, -0.05) is 23.7 Å². The van der Waals surface area contributed by atoms with Crippen molar-refractivity contribution >= 4 is 22.9 Å². The van der Waals surface area contributed by atoms with Crippen LogP contribution < -0.4 is 0 Å². The van der Waals surface area contributed by atoms with Crippen LogP contribution in [-0.4, -0.2) is 56.4 Å². The number of halogens is 1. The Hall–Kier alpha value is -2.35. The molecule has 1 aromatic carbocycles. The summed E-state index contributed by atoms with van der Waals surface area (Å²) >= 11 is 8.00. The quantitative estimate of drug-likeness (QED) is 0.449. The van der Waals surface area contributed by atoms with E-state index in [-0.39, 0.29) is 0 Å². The zero-order valence-corrected chi connectivity index (χ0v) is 18.4. The fraction of sp³-hybridized carbons (Fsp3) is 0.304. The van der Waals surface area contributed by atoms with Gasteiger partial charge in [-0.2, -0.15) is 5.26 Å². The third kappa shape index (κ3) is 4.56. The molecule has 0 bridgehead atoms. The predicted molar refractivity (Wildman–Crippen MR) is 119 cm³/mol. The molecule has 1 fully saturated rings. The van der Waals surface area contributed by atoms with Gasteiger partial charge in [-0.25, -0.2) is 4.98 Å². The molecule has 5 atom stereocenters. The number of hydrogen-bond acceptors (Lipinski definition) is 8. The summed E-state index contributed by atoms with van der Waals surface area (Å²) in [6, 6.07) is 14.7. The van der Waals surface area contributed by atoms with Gasteiger partial charge in [-0.3, -0.25) is 0 Å². The van der Waals surface area contributed by atoms with E-state index in [2.05, 4.69) is 4.98 Å². The van der Waals surface area contributed by atoms with Crippen molar-refractivity contribution in [3.63, 3.8) is 0 Å². The summed E-state index contributed by atoms with van der Waals surface area (Å²) in [6.07, 6.45) is -3.87. The van der Waals surface area contributed by atoms with E-state index in [4.69, 9.17) is 21.6 Å². The first kappa shape index (κ1) is 22.8. The van der Waals surface area contributed by atoms with Gasteiger partial charge in [0, 0.05) is 33.0 Å². The SMILES string of the molecule is N#Cc1ccc(-c2ccc(Cc3cc([C@@H]4O[C@H](CO)[C@@H](O)[C@H](O)[C@H]4O)ccc3Cl)s2)cn1. The van der Waals surface area contributed by atoms with E-state index in [1.165, 1.54) is 0 Å². The number of nitrogens with zero attached hydrogens (tertiary/aromatic N) is 2. The maximum Gasteiger partial charge on any atom is 0.140 e. The van der Waals surface area contributed by atoms with Crippen molar-refractivity contribution in [2.24, 2.45) is 0 Å². The predicted octanol–water partition coefficient (Wildman–Crippen LogP) is 2.44. The largest absolute Gasteiger partial charge is 0.394 e. The average Bonchev–Trinajstić information content (AvgIpc) is 3.28. The third-order valence-corrected chi connectivity index (χ3v) is 6.98. The molecule has 9 heteroatoms. The van der Waals surface area contributed by atoms with E-state index in [9.17, 15) is 20.4 Å². The van der Waals surface area contributed by atoms with Crippen LogP contribution in [0.1, 0.15) is 27.8 Å². The van der Waals surface area contributed by atoms with Gasteiger partial charge in [0.1, 0.15) is 42.3 Å². The highest BCUT2D eigenvalue weighted by Crippen LogP contribution is 2.35. The molecule has 0 saturated carbocycles. The van der Waals surface area contributed by atoms with Gasteiger partial charge < -0.3 is 25.2 Å². The molecule has 0 radical (unpaired) electrons. The monoisotopic (exact) mass is 472 g/mol. The second-order valence-corrected chi connectivity index (χ2v) is 9.16. The third-order valence-electron chi connectivity index (χ3n) is 5.48. The van der Waals surface area contributed by atoms with Crippen molar-refractivity contribution in [3.8, 4) is 16.5 Å². The van der Waals surface area contributed by atoms with E-state index in [1.54, 1.807) is 41.8 Å². The number of ether oxygens (including phenoxy) is 1. The van der Waals surface area contributed by atoms with E-state index in [0.29, 0.717) is 22.7 Å². The number of aliphatic hydroxyl groups excluding tert-OH is 4. The molecule has 2 aromatic heterocycles. The van der Waals surface area contributed by atoms with Crippen LogP contribution in [0, 0.1) is 11.3 Å². The summed E-state index contributed by atoms with van der Waals surface area (Å²) in [7, 11) is 0. The Morgan fingerprint density at radius 1 is 1.06 bits per heavy atom. The topological polar surface area (TPSA) is 127 Å². The Balaban J connectivity index is 1.56. The molecule has 4 N–H and O–H groups in total. The maximum atomic E-state index is 10.4. The number of aromatic nitrogens is 1. The van der Waals surface area contributed by atoms with Crippen LogP contribution in [0.25, 0.3) is 10.4 Å². The van der Waals surface area contributed by atoms with Crippen LogP contribution in [0.2, 0.25) is 5.02 Å². The molecule has 4 rings (SSSR count). The summed E-state index contributed by atoms with van der Waals surface area (Å²) in [6.45, 7) is -0.482. The lowest BCUT2D eigenvalue weighted by molar-refractivity contribution is -0.231. The number of hydrogen-bond donors (Lipinski definition) is 4. The zero-order valence-electron chi connectivity index (χ0n) is 16.8. The van der Waals surface area contributed by atoms with Crippen molar-refractivity contribution in [2.45, 2.75) is 36.9 Å². The van der Waals surface area contributed by atoms with Crippen molar-refractivity contribution < 1.29 is 25.2 Å². The molecule has 3 heterocycles. The van der Waals surface area contributed by atoms with Crippen LogP contribution in [0.5, 0.6) is 0 Å². The number of benzene rings is 1. The molecule has 1 aliphatic rings. The van der Waals surface area contributed by atoms with Gasteiger partial charge in [0.2, 0.25) is 0 Å². The first-order chi connectivity index (χ1) is 15.4. The lowest BCUT2D eigenvalue weighted by Gasteiger charge is -2.40. The normalized spacial score (nSPS) is 25.4. The minimum atomic E-state index is -1.44. The summed E-state index contributed by atoms with van der Waals surface area (Å²) in [5, 5.41) is 49.4. The van der Waals surface area contributed by atoms with Crippen LogP contribution in [0.3, 0.4) is 0 Å². The minimum absolute atomic E-state index is 0.363. The molecule has 32 heavy (non-hydrogen) atoms. The highest BCUT2D eigenvalue weighted by Gasteiger charge is 2.44. The average molecular weight is 473 g/mol. The fourth-order valence-corrected chi connectivity index (χ4v) is 4.91. The van der Waals surface area contributed by atoms with Crippen LogP contribution in [0.4, 0.5) is 0 Å². The maximum absolute atomic E-state index is 10.4. The molecule has 1 saturated heterocycles. The molecular weight excluding hydrogens is 452 g/mol. The van der Waals surface area contributed by atoms with Crippen LogP contribution in [0.15, 0.2) is 48.7 Å². The van der Waals surface area contributed by atoms with Gasteiger partial charge in [0.05, 0.1) is 6.61 Å².